The summed E-state index contributed by atoms with van der Waals surface area (Å²) in [6, 6.07) is 10.6. The van der Waals surface area contributed by atoms with Crippen LogP contribution in [0.5, 0.6) is 0 Å². The number of carbonyl (C=O) groups is 1. The van der Waals surface area contributed by atoms with Gasteiger partial charge < -0.3 is 4.79 Å². The second-order valence-corrected chi connectivity index (χ2v) is 9.40. The molecule has 0 unspecified atom stereocenters. The van der Waals surface area contributed by atoms with Crippen LogP contribution in [-0.4, -0.2) is 14.4 Å². The molecule has 0 bridgehead atoms. The van der Waals surface area contributed by atoms with Crippen molar-refractivity contribution in [2.24, 2.45) is 0 Å². The second-order valence-electron chi connectivity index (χ2n) is 4.39. The molecule has 1 aromatic carbocycles. The largest absolute Gasteiger partial charge is 0.303 e. The van der Waals surface area contributed by atoms with Crippen molar-refractivity contribution in [1.29, 1.82) is 0 Å². The Hall–Kier alpha value is -0.893. The van der Waals surface area contributed by atoms with Crippen LogP contribution in [0.1, 0.15) is 13.3 Å². The summed E-state index contributed by atoms with van der Waals surface area (Å²) in [6.07, 6.45) is 1.73. The van der Waals surface area contributed by atoms with Crippen LogP contribution in [-0.2, 0) is 4.79 Å². The summed E-state index contributed by atoms with van der Waals surface area (Å²) in [5, 5.41) is 1.44. The lowest BCUT2D eigenvalue weighted by molar-refractivity contribution is -0.107. The third kappa shape index (κ3) is 2.32. The Morgan fingerprint density at radius 3 is 2.36 bits per heavy atom. The second kappa shape index (κ2) is 4.56. The van der Waals surface area contributed by atoms with Crippen molar-refractivity contribution < 1.29 is 4.79 Å². The maximum Gasteiger partial charge on any atom is 0.119 e. The van der Waals surface area contributed by atoms with E-state index in [1.54, 1.807) is 0 Å². The lowest BCUT2D eigenvalue weighted by Gasteiger charge is -2.29. The van der Waals surface area contributed by atoms with Crippen LogP contribution in [0.3, 0.4) is 0 Å². The number of aldehydes is 1. The van der Waals surface area contributed by atoms with Gasteiger partial charge in [0.25, 0.3) is 0 Å². The van der Waals surface area contributed by atoms with Crippen LogP contribution >= 0.6 is 0 Å². The Kier molecular flexibility index (Phi) is 3.64. The van der Waals surface area contributed by atoms with E-state index in [0.717, 1.165) is 6.29 Å². The number of hydrogen-bond donors (Lipinski definition) is 0. The molecular formula is C12H18OSi. The van der Waals surface area contributed by atoms with E-state index in [9.17, 15) is 4.79 Å². The molecule has 14 heavy (non-hydrogen) atoms. The maximum absolute atomic E-state index is 10.5. The summed E-state index contributed by atoms with van der Waals surface area (Å²) in [6.45, 7) is 6.85. The highest BCUT2D eigenvalue weighted by molar-refractivity contribution is 6.91. The predicted molar refractivity (Wildman–Crippen MR) is 63.7 cm³/mol. The summed E-state index contributed by atoms with van der Waals surface area (Å²) in [5.41, 5.74) is 0.516. The molecule has 0 aliphatic heterocycles. The first-order chi connectivity index (χ1) is 6.59. The molecule has 0 spiro atoms. The van der Waals surface area contributed by atoms with Gasteiger partial charge in [-0.2, -0.15) is 0 Å². The smallest absolute Gasteiger partial charge is 0.119 e. The Balaban J connectivity index is 2.89. The van der Waals surface area contributed by atoms with E-state index >= 15 is 0 Å². The first-order valence-electron chi connectivity index (χ1n) is 5.08. The minimum Gasteiger partial charge on any atom is -0.303 e. The zero-order valence-electron chi connectivity index (χ0n) is 9.16. The fourth-order valence-corrected chi connectivity index (χ4v) is 3.90. The van der Waals surface area contributed by atoms with Gasteiger partial charge in [-0.3, -0.25) is 0 Å². The van der Waals surface area contributed by atoms with E-state index in [1.807, 2.05) is 6.07 Å². The van der Waals surface area contributed by atoms with E-state index in [0.29, 0.717) is 12.0 Å². The van der Waals surface area contributed by atoms with Crippen LogP contribution < -0.4 is 5.19 Å². The molecule has 0 radical (unpaired) electrons. The molecule has 0 fully saturated rings. The fourth-order valence-electron chi connectivity index (χ4n) is 1.59. The average molecular weight is 206 g/mol. The van der Waals surface area contributed by atoms with Gasteiger partial charge in [-0.15, -0.1) is 0 Å². The van der Waals surface area contributed by atoms with Crippen molar-refractivity contribution in [3.63, 3.8) is 0 Å². The average Bonchev–Trinajstić information content (AvgIpc) is 2.19. The SMILES string of the molecule is C[C@H](CC=O)[Si](C)(C)c1ccccc1. The molecule has 0 heterocycles. The number of carbonyl (C=O) groups excluding carboxylic acids is 1. The van der Waals surface area contributed by atoms with Gasteiger partial charge in [-0.05, 0) is 5.54 Å². The van der Waals surface area contributed by atoms with Gasteiger partial charge in [0.15, 0.2) is 0 Å². The summed E-state index contributed by atoms with van der Waals surface area (Å²) >= 11 is 0. The standard InChI is InChI=1S/C12H18OSi/c1-11(9-10-13)14(2,3)12-7-5-4-6-8-12/h4-8,10-11H,9H2,1-3H3/t11-/m1/s1. The lowest BCUT2D eigenvalue weighted by atomic mass is 10.3. The molecule has 0 saturated heterocycles. The summed E-state index contributed by atoms with van der Waals surface area (Å²) in [5.74, 6) is 0. The normalized spacial score (nSPS) is 13.6. The molecule has 1 rings (SSSR count). The Morgan fingerprint density at radius 1 is 1.29 bits per heavy atom. The topological polar surface area (TPSA) is 17.1 Å². The van der Waals surface area contributed by atoms with Crippen molar-refractivity contribution in [1.82, 2.24) is 0 Å². The van der Waals surface area contributed by atoms with E-state index in [1.165, 1.54) is 5.19 Å². The maximum atomic E-state index is 10.5. The van der Waals surface area contributed by atoms with Crippen molar-refractivity contribution in [2.45, 2.75) is 32.0 Å². The minimum absolute atomic E-state index is 0.516. The van der Waals surface area contributed by atoms with Crippen LogP contribution in [0.4, 0.5) is 0 Å². The predicted octanol–water partition coefficient (Wildman–Crippen LogP) is 2.58. The third-order valence-electron chi connectivity index (χ3n) is 3.20. The van der Waals surface area contributed by atoms with Gasteiger partial charge in [-0.1, -0.05) is 55.5 Å². The lowest BCUT2D eigenvalue weighted by Crippen LogP contribution is -2.45. The zero-order chi connectivity index (χ0) is 10.6. The van der Waals surface area contributed by atoms with Crippen molar-refractivity contribution in [2.75, 3.05) is 0 Å². The molecular weight excluding hydrogens is 188 g/mol. The van der Waals surface area contributed by atoms with Crippen molar-refractivity contribution in [3.05, 3.63) is 30.3 Å². The Labute approximate surface area is 87.2 Å². The van der Waals surface area contributed by atoms with Crippen LogP contribution in [0, 0.1) is 0 Å². The summed E-state index contributed by atoms with van der Waals surface area (Å²) in [4.78, 5) is 10.5. The molecule has 1 nitrogen and oxygen atoms in total. The van der Waals surface area contributed by atoms with E-state index in [-0.39, 0.29) is 0 Å². The third-order valence-corrected chi connectivity index (χ3v) is 7.72. The van der Waals surface area contributed by atoms with Gasteiger partial charge in [0, 0.05) is 6.42 Å². The van der Waals surface area contributed by atoms with Gasteiger partial charge in [0.05, 0.1) is 8.07 Å². The molecule has 0 aromatic heterocycles. The Morgan fingerprint density at radius 2 is 1.86 bits per heavy atom. The van der Waals surface area contributed by atoms with E-state index < -0.39 is 8.07 Å². The summed E-state index contributed by atoms with van der Waals surface area (Å²) < 4.78 is 0. The number of hydrogen-bond acceptors (Lipinski definition) is 1. The van der Waals surface area contributed by atoms with Gasteiger partial charge in [0.1, 0.15) is 6.29 Å². The summed E-state index contributed by atoms with van der Waals surface area (Å²) in [7, 11) is -1.44. The van der Waals surface area contributed by atoms with E-state index in [2.05, 4.69) is 44.3 Å². The molecule has 0 amide bonds. The highest BCUT2D eigenvalue weighted by Gasteiger charge is 2.29. The highest BCUT2D eigenvalue weighted by atomic mass is 28.3. The van der Waals surface area contributed by atoms with E-state index in [4.69, 9.17) is 0 Å². The molecule has 76 valence electrons. The quantitative estimate of drug-likeness (QED) is 0.546. The number of rotatable bonds is 4. The number of benzene rings is 1. The molecule has 1 atom stereocenters. The van der Waals surface area contributed by atoms with Gasteiger partial charge in [-0.25, -0.2) is 0 Å². The van der Waals surface area contributed by atoms with Gasteiger partial charge >= 0.3 is 0 Å². The highest BCUT2D eigenvalue weighted by Crippen LogP contribution is 2.23. The van der Waals surface area contributed by atoms with Crippen LogP contribution in [0.2, 0.25) is 18.6 Å². The molecule has 1 aromatic rings. The molecule has 0 N–H and O–H groups in total. The first kappa shape index (κ1) is 11.2. The van der Waals surface area contributed by atoms with Crippen molar-refractivity contribution >= 4 is 19.5 Å². The minimum atomic E-state index is -1.44. The fraction of sp³-hybridized carbons (Fsp3) is 0.417. The molecule has 0 aliphatic carbocycles. The molecule has 0 saturated carbocycles. The monoisotopic (exact) mass is 206 g/mol. The van der Waals surface area contributed by atoms with Crippen LogP contribution in [0.15, 0.2) is 30.3 Å². The molecule has 2 heteroatoms. The zero-order valence-corrected chi connectivity index (χ0v) is 10.2. The molecule has 0 aliphatic rings. The van der Waals surface area contributed by atoms with Crippen LogP contribution in [0.25, 0.3) is 0 Å². The van der Waals surface area contributed by atoms with Gasteiger partial charge in [0.2, 0.25) is 0 Å². The van der Waals surface area contributed by atoms with Crippen molar-refractivity contribution in [3.8, 4) is 0 Å². The first-order valence-corrected chi connectivity index (χ1v) is 8.16. The Bertz CT molecular complexity index is 292.